The van der Waals surface area contributed by atoms with Crippen LogP contribution >= 0.6 is 0 Å². The lowest BCUT2D eigenvalue weighted by atomic mass is 9.94. The van der Waals surface area contributed by atoms with Crippen molar-refractivity contribution in [3.8, 4) is 0 Å². The van der Waals surface area contributed by atoms with Crippen LogP contribution in [-0.2, 0) is 0 Å². The Bertz CT molecular complexity index is 328. The van der Waals surface area contributed by atoms with Crippen LogP contribution in [0.2, 0.25) is 0 Å². The molecule has 78 valence electrons. The fourth-order valence-electron chi connectivity index (χ4n) is 1.69. The Hall–Kier alpha value is -1.02. The van der Waals surface area contributed by atoms with E-state index in [2.05, 4.69) is 10.3 Å². The number of aliphatic hydroxyl groups is 3. The maximum atomic E-state index is 9.59. The summed E-state index contributed by atoms with van der Waals surface area (Å²) in [6, 6.07) is -1.40. The van der Waals surface area contributed by atoms with E-state index in [0.29, 0.717) is 5.69 Å². The first-order valence-electron chi connectivity index (χ1n) is 4.29. The molecule has 0 spiro atoms. The molecule has 0 saturated heterocycles. The van der Waals surface area contributed by atoms with Crippen molar-refractivity contribution < 1.29 is 15.3 Å². The summed E-state index contributed by atoms with van der Waals surface area (Å²) in [6.07, 6.45) is -0.801. The second-order valence-corrected chi connectivity index (χ2v) is 3.36. The third kappa shape index (κ3) is 1.14. The average Bonchev–Trinajstić information content (AvgIpc) is 2.64. The highest BCUT2D eigenvalue weighted by atomic mass is 16.3. The quantitative estimate of drug-likeness (QED) is 0.399. The molecule has 14 heavy (non-hydrogen) atoms. The predicted octanol–water partition coefficient (Wildman–Crippen LogP) is -2.45. The molecule has 1 aliphatic rings. The summed E-state index contributed by atoms with van der Waals surface area (Å²) in [5, 5.41) is 35.5. The SMILES string of the molecule is N[C@H]1c2cnnn2[C@H](CO)[C@@H](O)[C@@H]1O. The highest BCUT2D eigenvalue weighted by Gasteiger charge is 2.40. The van der Waals surface area contributed by atoms with Crippen LogP contribution < -0.4 is 5.73 Å². The number of hydrogen-bond donors (Lipinski definition) is 4. The molecule has 0 radical (unpaired) electrons. The molecule has 0 unspecified atom stereocenters. The Morgan fingerprint density at radius 1 is 1.43 bits per heavy atom. The molecular formula is C7H12N4O3. The van der Waals surface area contributed by atoms with Gasteiger partial charge in [-0.1, -0.05) is 5.21 Å². The van der Waals surface area contributed by atoms with Crippen LogP contribution in [0.4, 0.5) is 0 Å². The van der Waals surface area contributed by atoms with Crippen molar-refractivity contribution in [2.24, 2.45) is 5.73 Å². The summed E-state index contributed by atoms with van der Waals surface area (Å²) >= 11 is 0. The summed E-state index contributed by atoms with van der Waals surface area (Å²) in [6.45, 7) is -0.318. The Morgan fingerprint density at radius 3 is 2.79 bits per heavy atom. The monoisotopic (exact) mass is 200 g/mol. The second-order valence-electron chi connectivity index (χ2n) is 3.36. The third-order valence-electron chi connectivity index (χ3n) is 2.56. The van der Waals surface area contributed by atoms with Gasteiger partial charge in [-0.05, 0) is 0 Å². The van der Waals surface area contributed by atoms with E-state index in [1.54, 1.807) is 0 Å². The first-order chi connectivity index (χ1) is 6.66. The number of hydrogen-bond acceptors (Lipinski definition) is 6. The van der Waals surface area contributed by atoms with Crippen molar-refractivity contribution in [2.75, 3.05) is 6.61 Å². The molecule has 1 aliphatic heterocycles. The number of nitrogens with zero attached hydrogens (tertiary/aromatic N) is 3. The molecule has 0 aromatic carbocycles. The van der Waals surface area contributed by atoms with Crippen LogP contribution in [0.15, 0.2) is 6.20 Å². The second kappa shape index (κ2) is 3.28. The molecule has 7 heteroatoms. The Morgan fingerprint density at radius 2 is 2.14 bits per heavy atom. The summed E-state index contributed by atoms with van der Waals surface area (Å²) in [5.74, 6) is 0. The smallest absolute Gasteiger partial charge is 0.106 e. The number of rotatable bonds is 1. The molecule has 0 bridgehead atoms. The Labute approximate surface area is 79.8 Å². The lowest BCUT2D eigenvalue weighted by Crippen LogP contribution is -2.49. The molecule has 2 heterocycles. The van der Waals surface area contributed by atoms with Crippen LogP contribution in [-0.4, -0.2) is 49.1 Å². The van der Waals surface area contributed by atoms with Crippen molar-refractivity contribution in [3.63, 3.8) is 0 Å². The lowest BCUT2D eigenvalue weighted by Gasteiger charge is -2.35. The number of nitrogens with two attached hydrogens (primary N) is 1. The van der Waals surface area contributed by atoms with Crippen molar-refractivity contribution in [2.45, 2.75) is 24.3 Å². The predicted molar refractivity (Wildman–Crippen MR) is 45.1 cm³/mol. The van der Waals surface area contributed by atoms with E-state index in [1.165, 1.54) is 10.9 Å². The third-order valence-corrected chi connectivity index (χ3v) is 2.56. The van der Waals surface area contributed by atoms with Crippen LogP contribution in [0.1, 0.15) is 17.8 Å². The van der Waals surface area contributed by atoms with Gasteiger partial charge >= 0.3 is 0 Å². The van der Waals surface area contributed by atoms with Gasteiger partial charge in [0.25, 0.3) is 0 Å². The maximum Gasteiger partial charge on any atom is 0.106 e. The number of aromatic nitrogens is 3. The van der Waals surface area contributed by atoms with Crippen LogP contribution in [0.3, 0.4) is 0 Å². The first kappa shape index (κ1) is 9.53. The van der Waals surface area contributed by atoms with E-state index in [0.717, 1.165) is 0 Å². The van der Waals surface area contributed by atoms with Gasteiger partial charge in [0.15, 0.2) is 0 Å². The van der Waals surface area contributed by atoms with Crippen LogP contribution in [0.25, 0.3) is 0 Å². The van der Waals surface area contributed by atoms with Gasteiger partial charge in [-0.3, -0.25) is 0 Å². The van der Waals surface area contributed by atoms with E-state index in [9.17, 15) is 10.2 Å². The first-order valence-corrected chi connectivity index (χ1v) is 4.29. The van der Waals surface area contributed by atoms with Gasteiger partial charge in [-0.25, -0.2) is 4.68 Å². The molecule has 5 N–H and O–H groups in total. The number of fused-ring (bicyclic) bond motifs is 1. The fourth-order valence-corrected chi connectivity index (χ4v) is 1.69. The van der Waals surface area contributed by atoms with E-state index in [1.807, 2.05) is 0 Å². The zero-order valence-electron chi connectivity index (χ0n) is 7.35. The molecule has 2 rings (SSSR count). The minimum Gasteiger partial charge on any atom is -0.394 e. The van der Waals surface area contributed by atoms with Crippen molar-refractivity contribution in [1.82, 2.24) is 15.0 Å². The van der Waals surface area contributed by atoms with Crippen molar-refractivity contribution in [1.29, 1.82) is 0 Å². The molecule has 1 aromatic heterocycles. The standard InChI is InChI=1S/C7H12N4O3/c8-5-3-1-9-10-11(3)4(2-12)6(13)7(5)14/h1,4-7,12-14H,2,8H2/t4-,5+,6-,7-/m1/s1. The normalized spacial score (nSPS) is 36.9. The van der Waals surface area contributed by atoms with Crippen molar-refractivity contribution >= 4 is 0 Å². The zero-order valence-corrected chi connectivity index (χ0v) is 7.35. The molecule has 1 aromatic rings. The van der Waals surface area contributed by atoms with E-state index in [-0.39, 0.29) is 6.61 Å². The van der Waals surface area contributed by atoms with Gasteiger partial charge in [-0.2, -0.15) is 0 Å². The highest BCUT2D eigenvalue weighted by Crippen LogP contribution is 2.29. The van der Waals surface area contributed by atoms with E-state index < -0.39 is 24.3 Å². The summed E-state index contributed by atoms with van der Waals surface area (Å²) in [5.41, 5.74) is 6.16. The maximum absolute atomic E-state index is 9.59. The largest absolute Gasteiger partial charge is 0.394 e. The molecule has 0 saturated carbocycles. The topological polar surface area (TPSA) is 117 Å². The lowest BCUT2D eigenvalue weighted by molar-refractivity contribution is -0.0596. The van der Waals surface area contributed by atoms with E-state index >= 15 is 0 Å². The molecule has 4 atom stereocenters. The molecule has 0 aliphatic carbocycles. The van der Waals surface area contributed by atoms with Gasteiger partial charge in [0.1, 0.15) is 18.2 Å². The van der Waals surface area contributed by atoms with Crippen molar-refractivity contribution in [3.05, 3.63) is 11.9 Å². The van der Waals surface area contributed by atoms with Crippen LogP contribution in [0.5, 0.6) is 0 Å². The van der Waals surface area contributed by atoms with Gasteiger partial charge in [0, 0.05) is 0 Å². The summed E-state index contributed by atoms with van der Waals surface area (Å²) < 4.78 is 1.35. The molecular weight excluding hydrogens is 188 g/mol. The zero-order chi connectivity index (χ0) is 10.3. The molecule has 7 nitrogen and oxygen atoms in total. The number of aliphatic hydroxyl groups excluding tert-OH is 3. The van der Waals surface area contributed by atoms with Crippen LogP contribution in [0, 0.1) is 0 Å². The molecule has 0 amide bonds. The highest BCUT2D eigenvalue weighted by molar-refractivity contribution is 5.11. The summed E-state index contributed by atoms with van der Waals surface area (Å²) in [7, 11) is 0. The average molecular weight is 200 g/mol. The van der Waals surface area contributed by atoms with Gasteiger partial charge in [0.05, 0.1) is 24.5 Å². The van der Waals surface area contributed by atoms with Gasteiger partial charge in [-0.15, -0.1) is 5.10 Å². The summed E-state index contributed by atoms with van der Waals surface area (Å²) in [4.78, 5) is 0. The van der Waals surface area contributed by atoms with E-state index in [4.69, 9.17) is 10.8 Å². The fraction of sp³-hybridized carbons (Fsp3) is 0.714. The molecule has 0 fully saturated rings. The van der Waals surface area contributed by atoms with Gasteiger partial charge in [0.2, 0.25) is 0 Å². The minimum atomic E-state index is -1.12. The minimum absolute atomic E-state index is 0.318. The Kier molecular flexibility index (Phi) is 2.23. The Balaban J connectivity index is 2.44. The van der Waals surface area contributed by atoms with Gasteiger partial charge < -0.3 is 21.1 Å².